The Morgan fingerprint density at radius 1 is 1.00 bits per heavy atom. The Hall–Kier alpha value is -0.865. The van der Waals surface area contributed by atoms with E-state index in [0.29, 0.717) is 0 Å². The molecule has 56 valence electrons. The molecule has 0 radical (unpaired) electrons. The molecule has 0 aromatic heterocycles. The zero-order chi connectivity index (χ0) is 5.98. The number of rotatable bonds is 0. The van der Waals surface area contributed by atoms with Crippen molar-refractivity contribution in [2.45, 2.75) is 0 Å². The van der Waals surface area contributed by atoms with Gasteiger partial charge in [0.15, 0.2) is 0 Å². The van der Waals surface area contributed by atoms with E-state index in [9.17, 15) is 4.39 Å². The summed E-state index contributed by atoms with van der Waals surface area (Å²) in [4.78, 5) is 0. The summed E-state index contributed by atoms with van der Waals surface area (Å²) in [7, 11) is 1.93. The molecule has 0 aliphatic carbocycles. The summed E-state index contributed by atoms with van der Waals surface area (Å²) in [6.45, 7) is 0. The first kappa shape index (κ1) is 11.9. The molecule has 0 spiro atoms. The summed E-state index contributed by atoms with van der Waals surface area (Å²) in [6.07, 6.45) is 0. The fraction of sp³-hybridized carbons (Fsp3) is 0. The van der Waals surface area contributed by atoms with Gasteiger partial charge in [0, 0.05) is 0 Å². The van der Waals surface area contributed by atoms with Crippen molar-refractivity contribution in [3.05, 3.63) is 30.1 Å². The minimum atomic E-state index is -0.171. The fourth-order valence-electron chi connectivity index (χ4n) is 0.533. The normalized spacial score (nSPS) is 7.30. The number of halogens is 1. The molecule has 0 heterocycles. The summed E-state index contributed by atoms with van der Waals surface area (Å²) in [5, 5.41) is 0. The summed E-state index contributed by atoms with van der Waals surface area (Å²) in [6, 6.07) is 6.40. The van der Waals surface area contributed by atoms with Gasteiger partial charge < -0.3 is 11.0 Å². The molecule has 0 atom stereocenters. The average molecular weight is 144 g/mol. The van der Waals surface area contributed by atoms with E-state index >= 15 is 0 Å². The summed E-state index contributed by atoms with van der Waals surface area (Å²) >= 11 is 0. The van der Waals surface area contributed by atoms with Crippen molar-refractivity contribution in [3.8, 4) is 0 Å². The molecule has 0 aliphatic heterocycles. The number of hydrogen-bond donors (Lipinski definition) is 0. The molecule has 0 unspecified atom stereocenters. The van der Waals surface area contributed by atoms with Crippen LogP contribution in [-0.2, 0) is 0 Å². The topological polar surface area (TPSA) is 63.0 Å². The van der Waals surface area contributed by atoms with E-state index in [1.807, 2.05) is 7.85 Å². The Kier molecular flexibility index (Phi) is 5.89. The second kappa shape index (κ2) is 4.96. The third-order valence-corrected chi connectivity index (χ3v) is 1.01. The molecule has 0 fully saturated rings. The molecule has 0 amide bonds. The van der Waals surface area contributed by atoms with Gasteiger partial charge in [0.1, 0.15) is 13.7 Å². The van der Waals surface area contributed by atoms with Crippen LogP contribution in [0.25, 0.3) is 0 Å². The molecule has 0 saturated carbocycles. The predicted octanol–water partition coefficient (Wildman–Crippen LogP) is -1.57. The monoisotopic (exact) mass is 144 g/mol. The van der Waals surface area contributed by atoms with Gasteiger partial charge in [-0.2, -0.15) is 0 Å². The molecule has 2 nitrogen and oxygen atoms in total. The van der Waals surface area contributed by atoms with Crippen molar-refractivity contribution >= 4 is 13.3 Å². The van der Waals surface area contributed by atoms with Crippen LogP contribution in [0.15, 0.2) is 24.3 Å². The van der Waals surface area contributed by atoms with Gasteiger partial charge in [-0.15, -0.1) is 0 Å². The summed E-state index contributed by atoms with van der Waals surface area (Å²) in [5.74, 6) is -0.171. The quantitative estimate of drug-likeness (QED) is 0.395. The van der Waals surface area contributed by atoms with E-state index in [0.717, 1.165) is 5.46 Å². The van der Waals surface area contributed by atoms with Crippen LogP contribution in [0.2, 0.25) is 0 Å². The van der Waals surface area contributed by atoms with E-state index < -0.39 is 0 Å². The van der Waals surface area contributed by atoms with E-state index in [4.69, 9.17) is 0 Å². The Bertz CT molecular complexity index is 155. The van der Waals surface area contributed by atoms with Crippen LogP contribution in [-0.4, -0.2) is 18.8 Å². The lowest BCUT2D eigenvalue weighted by atomic mass is 9.97. The van der Waals surface area contributed by atoms with Crippen LogP contribution >= 0.6 is 0 Å². The highest BCUT2D eigenvalue weighted by Crippen LogP contribution is 1.89. The van der Waals surface area contributed by atoms with Gasteiger partial charge in [0.05, 0.1) is 0 Å². The predicted molar refractivity (Wildman–Crippen MR) is 41.8 cm³/mol. The molecule has 10 heavy (non-hydrogen) atoms. The summed E-state index contributed by atoms with van der Waals surface area (Å²) < 4.78 is 12.1. The highest BCUT2D eigenvalue weighted by molar-refractivity contribution is 6.32. The second-order valence-corrected chi connectivity index (χ2v) is 1.80. The van der Waals surface area contributed by atoms with Crippen molar-refractivity contribution in [3.63, 3.8) is 0 Å². The maximum absolute atomic E-state index is 12.1. The summed E-state index contributed by atoms with van der Waals surface area (Å²) in [5.41, 5.74) is 1.09. The first-order chi connectivity index (χ1) is 3.79. The smallest absolute Gasteiger partial charge is 0.139 e. The van der Waals surface area contributed by atoms with Crippen LogP contribution in [0.5, 0.6) is 0 Å². The molecule has 0 saturated heterocycles. The molecular weight excluding hydrogens is 134 g/mol. The largest absolute Gasteiger partial charge is 0.412 e. The van der Waals surface area contributed by atoms with Crippen molar-refractivity contribution in [1.82, 2.24) is 0 Å². The van der Waals surface area contributed by atoms with E-state index in [-0.39, 0.29) is 16.8 Å². The Morgan fingerprint density at radius 2 is 1.40 bits per heavy atom. The van der Waals surface area contributed by atoms with Gasteiger partial charge in [-0.25, -0.2) is 4.39 Å². The van der Waals surface area contributed by atoms with Crippen molar-refractivity contribution in [2.75, 3.05) is 0 Å². The van der Waals surface area contributed by atoms with Crippen LogP contribution < -0.4 is 5.46 Å². The maximum atomic E-state index is 12.1. The average Bonchev–Trinajstić information content (AvgIpc) is 1.77. The lowest BCUT2D eigenvalue weighted by Gasteiger charge is -1.87. The molecule has 4 heteroatoms. The lowest BCUT2D eigenvalue weighted by molar-refractivity contribution is 0.628. The highest BCUT2D eigenvalue weighted by atomic mass is 19.1. The Labute approximate surface area is 59.7 Å². The second-order valence-electron chi connectivity index (χ2n) is 1.80. The third-order valence-electron chi connectivity index (χ3n) is 1.01. The SMILES string of the molecule is Bc1ccc(F)cc1.O.O. The maximum Gasteiger partial charge on any atom is 0.139 e. The molecule has 1 aromatic rings. The van der Waals surface area contributed by atoms with Crippen molar-refractivity contribution in [1.29, 1.82) is 0 Å². The van der Waals surface area contributed by atoms with Gasteiger partial charge in [-0.3, -0.25) is 0 Å². The van der Waals surface area contributed by atoms with Gasteiger partial charge in [0.25, 0.3) is 0 Å². The van der Waals surface area contributed by atoms with Crippen molar-refractivity contribution in [2.24, 2.45) is 0 Å². The van der Waals surface area contributed by atoms with Crippen LogP contribution in [0.1, 0.15) is 0 Å². The van der Waals surface area contributed by atoms with Gasteiger partial charge >= 0.3 is 0 Å². The van der Waals surface area contributed by atoms with Gasteiger partial charge in [-0.1, -0.05) is 17.6 Å². The molecule has 0 bridgehead atoms. The molecule has 1 aromatic carbocycles. The van der Waals surface area contributed by atoms with Crippen LogP contribution in [0.3, 0.4) is 0 Å². The van der Waals surface area contributed by atoms with E-state index in [1.165, 1.54) is 12.1 Å². The van der Waals surface area contributed by atoms with Crippen LogP contribution in [0.4, 0.5) is 4.39 Å². The van der Waals surface area contributed by atoms with Crippen molar-refractivity contribution < 1.29 is 15.3 Å². The highest BCUT2D eigenvalue weighted by Gasteiger charge is 1.83. The number of hydrogen-bond acceptors (Lipinski definition) is 0. The Balaban J connectivity index is 0. The van der Waals surface area contributed by atoms with E-state index in [2.05, 4.69) is 0 Å². The zero-order valence-electron chi connectivity index (χ0n) is 5.69. The molecule has 1 rings (SSSR count). The molecule has 0 aliphatic rings. The van der Waals surface area contributed by atoms with E-state index in [1.54, 1.807) is 12.1 Å². The minimum Gasteiger partial charge on any atom is -0.412 e. The first-order valence-corrected chi connectivity index (χ1v) is 2.51. The minimum absolute atomic E-state index is 0. The standard InChI is InChI=1S/C6H6BF.2H2O/c7-5-1-3-6(8)4-2-5;;/h1-4H,7H2;2*1H2. The third kappa shape index (κ3) is 3.22. The van der Waals surface area contributed by atoms with Gasteiger partial charge in [0.2, 0.25) is 0 Å². The molecular formula is C6H10BFO2. The van der Waals surface area contributed by atoms with Crippen LogP contribution in [0, 0.1) is 5.82 Å². The first-order valence-electron chi connectivity index (χ1n) is 2.51. The van der Waals surface area contributed by atoms with Gasteiger partial charge in [-0.05, 0) is 12.1 Å². The fourth-order valence-corrected chi connectivity index (χ4v) is 0.533. The molecule has 4 N–H and O–H groups in total. The zero-order valence-corrected chi connectivity index (χ0v) is 5.69. The number of benzene rings is 1. The lowest BCUT2D eigenvalue weighted by Crippen LogP contribution is -1.98. The Morgan fingerprint density at radius 3 is 1.70 bits per heavy atom.